The van der Waals surface area contributed by atoms with E-state index in [0.717, 1.165) is 0 Å². The van der Waals surface area contributed by atoms with Gasteiger partial charge in [-0.25, -0.2) is 4.98 Å². The number of carbonyl (C=O) groups is 3. The van der Waals surface area contributed by atoms with Crippen LogP contribution in [0.1, 0.15) is 10.5 Å². The molecule has 0 aliphatic rings. The molecule has 3 rings (SSSR count). The molecule has 0 bridgehead atoms. The van der Waals surface area contributed by atoms with E-state index in [1.54, 1.807) is 60.7 Å². The average Bonchev–Trinajstić information content (AvgIpc) is 3.23. The molecule has 1 heterocycles. The molecule has 1 aromatic heterocycles. The van der Waals surface area contributed by atoms with Gasteiger partial charge in [0.1, 0.15) is 5.69 Å². The lowest BCUT2D eigenvalue weighted by Crippen LogP contribution is -2.35. The van der Waals surface area contributed by atoms with Gasteiger partial charge in [-0.2, -0.15) is 5.10 Å². The van der Waals surface area contributed by atoms with Crippen LogP contribution in [-0.2, 0) is 9.59 Å². The Morgan fingerprint density at radius 3 is 1.90 bits per heavy atom. The van der Waals surface area contributed by atoms with Crippen molar-refractivity contribution in [2.75, 3.05) is 23.1 Å². The minimum Gasteiger partial charge on any atom is -0.354 e. The Hall–Kier alpha value is -4.47. The van der Waals surface area contributed by atoms with E-state index >= 15 is 0 Å². The maximum Gasteiger partial charge on any atom is 0.281 e. The molecule has 0 atom stereocenters. The lowest BCUT2D eigenvalue weighted by atomic mass is 10.2. The fraction of sp³-hybridized carbons (Fsp3) is 0.0500. The summed E-state index contributed by atoms with van der Waals surface area (Å²) >= 11 is 0. The number of benzene rings is 2. The van der Waals surface area contributed by atoms with Crippen molar-refractivity contribution in [3.63, 3.8) is 0 Å². The van der Waals surface area contributed by atoms with Crippen molar-refractivity contribution in [1.29, 1.82) is 0 Å². The third-order valence-electron chi connectivity index (χ3n) is 3.86. The number of hydrogen-bond acceptors (Lipinski definition) is 6. The summed E-state index contributed by atoms with van der Waals surface area (Å²) in [6.45, 7) is 0. The second-order valence-corrected chi connectivity index (χ2v) is 5.92. The first-order chi connectivity index (χ1) is 14.6. The van der Waals surface area contributed by atoms with Gasteiger partial charge in [0.15, 0.2) is 5.82 Å². The van der Waals surface area contributed by atoms with Crippen LogP contribution in [0.2, 0.25) is 0 Å². The lowest BCUT2D eigenvalue weighted by molar-refractivity contribution is -0.114. The highest BCUT2D eigenvalue weighted by atomic mass is 16.2. The van der Waals surface area contributed by atoms with Gasteiger partial charge in [0, 0.05) is 18.4 Å². The molecule has 0 fully saturated rings. The molecule has 0 unspecified atom stereocenters. The van der Waals surface area contributed by atoms with Crippen LogP contribution in [0.4, 0.5) is 17.2 Å². The van der Waals surface area contributed by atoms with Gasteiger partial charge in [0.2, 0.25) is 5.71 Å². The molecule has 0 saturated heterocycles. The van der Waals surface area contributed by atoms with Gasteiger partial charge in [-0.05, 0) is 24.3 Å². The zero-order chi connectivity index (χ0) is 21.3. The zero-order valence-electron chi connectivity index (χ0n) is 16.0. The van der Waals surface area contributed by atoms with Crippen molar-refractivity contribution < 1.29 is 14.4 Å². The molecule has 0 aliphatic carbocycles. The third kappa shape index (κ3) is 5.07. The quantitative estimate of drug-likeness (QED) is 0.232. The van der Waals surface area contributed by atoms with E-state index < -0.39 is 23.4 Å². The van der Waals surface area contributed by atoms with Crippen LogP contribution in [-0.4, -0.2) is 40.4 Å². The highest BCUT2D eigenvalue weighted by molar-refractivity contribution is 6.69. The van der Waals surface area contributed by atoms with E-state index in [0.29, 0.717) is 11.4 Å². The number of nitrogens with zero attached hydrogens (tertiary/aromatic N) is 2. The summed E-state index contributed by atoms with van der Waals surface area (Å²) < 4.78 is 0. The molecule has 3 amide bonds. The Morgan fingerprint density at radius 2 is 1.40 bits per heavy atom. The maximum atomic E-state index is 12.7. The predicted molar refractivity (Wildman–Crippen MR) is 113 cm³/mol. The molecule has 10 nitrogen and oxygen atoms in total. The summed E-state index contributed by atoms with van der Waals surface area (Å²) in [4.78, 5) is 43.9. The van der Waals surface area contributed by atoms with Crippen molar-refractivity contribution in [3.8, 4) is 0 Å². The van der Waals surface area contributed by atoms with E-state index in [9.17, 15) is 14.4 Å². The van der Waals surface area contributed by atoms with Gasteiger partial charge < -0.3 is 20.9 Å². The first-order valence-corrected chi connectivity index (χ1v) is 8.90. The average molecular weight is 405 g/mol. The van der Waals surface area contributed by atoms with E-state index in [2.05, 4.69) is 36.4 Å². The minimum atomic E-state index is -0.737. The minimum absolute atomic E-state index is 0.0619. The summed E-state index contributed by atoms with van der Waals surface area (Å²) in [5, 5.41) is 11.6. The number of aromatic amines is 1. The summed E-state index contributed by atoms with van der Waals surface area (Å²) in [7, 11) is 1.46. The van der Waals surface area contributed by atoms with Crippen molar-refractivity contribution in [1.82, 2.24) is 15.3 Å². The molecule has 10 heteroatoms. The van der Waals surface area contributed by atoms with Gasteiger partial charge >= 0.3 is 0 Å². The molecule has 3 aromatic rings. The number of imidazole rings is 1. The van der Waals surface area contributed by atoms with E-state index in [-0.39, 0.29) is 11.5 Å². The van der Waals surface area contributed by atoms with E-state index in [4.69, 9.17) is 0 Å². The molecule has 5 N–H and O–H groups in total. The number of para-hydroxylation sites is 2. The fourth-order valence-electron chi connectivity index (χ4n) is 2.41. The molecule has 0 aliphatic heterocycles. The van der Waals surface area contributed by atoms with Gasteiger partial charge in [-0.15, -0.1) is 0 Å². The number of carbonyl (C=O) groups excluding carboxylic acids is 3. The summed E-state index contributed by atoms with van der Waals surface area (Å²) in [5.41, 5.74) is 3.15. The topological polar surface area (TPSA) is 140 Å². The Morgan fingerprint density at radius 1 is 0.867 bits per heavy atom. The molecule has 0 saturated carbocycles. The SMILES string of the molecule is CNC(=O)c1[nH]cnc1NN=C(C(=O)Nc1ccccc1)C(=O)Nc1ccccc1. The smallest absolute Gasteiger partial charge is 0.281 e. The molecule has 0 radical (unpaired) electrons. The number of aromatic nitrogens is 2. The van der Waals surface area contributed by atoms with Crippen LogP contribution >= 0.6 is 0 Å². The summed E-state index contributed by atoms with van der Waals surface area (Å²) in [6, 6.07) is 17.3. The van der Waals surface area contributed by atoms with Crippen molar-refractivity contribution in [3.05, 3.63) is 72.7 Å². The number of anilines is 3. The molecule has 0 spiro atoms. The standard InChI is InChI=1S/C20H19N7O3/c1-21-18(28)15-17(23-12-22-15)27-26-16(19(29)24-13-8-4-2-5-9-13)20(30)25-14-10-6-3-7-11-14/h2-12,27H,1H3,(H,21,28)(H,22,23)(H,24,29)(H,25,30). The Bertz CT molecular complexity index is 1010. The van der Waals surface area contributed by atoms with Crippen LogP contribution in [0, 0.1) is 0 Å². The molecule has 152 valence electrons. The number of hydrazone groups is 1. The van der Waals surface area contributed by atoms with Crippen LogP contribution in [0.15, 0.2) is 72.1 Å². The van der Waals surface area contributed by atoms with Gasteiger partial charge in [-0.1, -0.05) is 36.4 Å². The van der Waals surface area contributed by atoms with Gasteiger partial charge in [0.05, 0.1) is 6.33 Å². The van der Waals surface area contributed by atoms with Crippen LogP contribution in [0.3, 0.4) is 0 Å². The summed E-state index contributed by atoms with van der Waals surface area (Å²) in [5.74, 6) is -1.85. The van der Waals surface area contributed by atoms with Gasteiger partial charge in [0.25, 0.3) is 17.7 Å². The van der Waals surface area contributed by atoms with Crippen molar-refractivity contribution >= 4 is 40.6 Å². The first kappa shape index (κ1) is 20.3. The first-order valence-electron chi connectivity index (χ1n) is 8.90. The Labute approximate surface area is 171 Å². The number of nitrogens with one attached hydrogen (secondary N) is 5. The fourth-order valence-corrected chi connectivity index (χ4v) is 2.41. The predicted octanol–water partition coefficient (Wildman–Crippen LogP) is 1.81. The van der Waals surface area contributed by atoms with Crippen molar-refractivity contribution in [2.24, 2.45) is 5.10 Å². The number of hydrogen-bond donors (Lipinski definition) is 5. The second-order valence-electron chi connectivity index (χ2n) is 5.92. The van der Waals surface area contributed by atoms with Gasteiger partial charge in [-0.3, -0.25) is 19.8 Å². The largest absolute Gasteiger partial charge is 0.354 e. The van der Waals surface area contributed by atoms with E-state index in [1.807, 2.05) is 0 Å². The van der Waals surface area contributed by atoms with Crippen LogP contribution in [0.25, 0.3) is 0 Å². The Balaban J connectivity index is 1.85. The number of H-pyrrole nitrogens is 1. The number of rotatable bonds is 7. The zero-order valence-corrected chi connectivity index (χ0v) is 16.0. The van der Waals surface area contributed by atoms with Crippen LogP contribution < -0.4 is 21.4 Å². The van der Waals surface area contributed by atoms with E-state index in [1.165, 1.54) is 13.4 Å². The summed E-state index contributed by atoms with van der Waals surface area (Å²) in [6.07, 6.45) is 1.29. The normalized spacial score (nSPS) is 9.90. The Kier molecular flexibility index (Phi) is 6.51. The molecular formula is C20H19N7O3. The number of amides is 3. The molecular weight excluding hydrogens is 386 g/mol. The van der Waals surface area contributed by atoms with Crippen LogP contribution in [0.5, 0.6) is 0 Å². The van der Waals surface area contributed by atoms with Crippen molar-refractivity contribution in [2.45, 2.75) is 0 Å². The highest BCUT2D eigenvalue weighted by Crippen LogP contribution is 2.11. The molecule has 2 aromatic carbocycles. The third-order valence-corrected chi connectivity index (χ3v) is 3.86. The maximum absolute atomic E-state index is 12.7. The monoisotopic (exact) mass is 405 g/mol. The molecule has 30 heavy (non-hydrogen) atoms. The lowest BCUT2D eigenvalue weighted by Gasteiger charge is -2.09. The highest BCUT2D eigenvalue weighted by Gasteiger charge is 2.22. The second kappa shape index (κ2) is 9.64.